The van der Waals surface area contributed by atoms with Crippen molar-refractivity contribution in [3.63, 3.8) is 0 Å². The molecule has 0 aliphatic heterocycles. The Morgan fingerprint density at radius 2 is 1.41 bits per heavy atom. The van der Waals surface area contributed by atoms with Crippen molar-refractivity contribution in [2.75, 3.05) is 0 Å². The fraction of sp³-hybridized carbons (Fsp3) is 0.292. The predicted molar refractivity (Wildman–Crippen MR) is 111 cm³/mol. The third-order valence-electron chi connectivity index (χ3n) is 4.92. The van der Waals surface area contributed by atoms with E-state index in [4.69, 9.17) is 0 Å². The SMILES string of the molecule is CC(C)N(C(=O)c1cccc2cccc(C(O)c3ccccc3)c12)C(C)C. The van der Waals surface area contributed by atoms with Gasteiger partial charge in [-0.1, -0.05) is 60.7 Å². The van der Waals surface area contributed by atoms with Gasteiger partial charge in [-0.15, -0.1) is 0 Å². The van der Waals surface area contributed by atoms with Crippen molar-refractivity contribution in [2.24, 2.45) is 0 Å². The quantitative estimate of drug-likeness (QED) is 0.680. The van der Waals surface area contributed by atoms with E-state index in [1.807, 2.05) is 99.3 Å². The van der Waals surface area contributed by atoms with E-state index in [1.165, 1.54) is 0 Å². The second-order valence-electron chi connectivity index (χ2n) is 7.46. The van der Waals surface area contributed by atoms with Gasteiger partial charge in [0.1, 0.15) is 6.10 Å². The Morgan fingerprint density at radius 1 is 0.815 bits per heavy atom. The van der Waals surface area contributed by atoms with Gasteiger partial charge in [-0.25, -0.2) is 0 Å². The lowest BCUT2D eigenvalue weighted by Crippen LogP contribution is -2.42. The summed E-state index contributed by atoms with van der Waals surface area (Å²) in [6.07, 6.45) is -0.782. The summed E-state index contributed by atoms with van der Waals surface area (Å²) in [4.78, 5) is 15.3. The average Bonchev–Trinajstić information content (AvgIpc) is 2.66. The highest BCUT2D eigenvalue weighted by molar-refractivity contribution is 6.08. The topological polar surface area (TPSA) is 40.5 Å². The zero-order valence-corrected chi connectivity index (χ0v) is 16.4. The van der Waals surface area contributed by atoms with Crippen LogP contribution in [0.2, 0.25) is 0 Å². The van der Waals surface area contributed by atoms with E-state index in [9.17, 15) is 9.90 Å². The van der Waals surface area contributed by atoms with E-state index in [1.54, 1.807) is 0 Å². The largest absolute Gasteiger partial charge is 0.384 e. The molecule has 1 N–H and O–H groups in total. The van der Waals surface area contributed by atoms with Crippen molar-refractivity contribution in [3.05, 3.63) is 83.4 Å². The maximum Gasteiger partial charge on any atom is 0.254 e. The molecule has 0 bridgehead atoms. The van der Waals surface area contributed by atoms with Crippen LogP contribution >= 0.6 is 0 Å². The number of hydrogen-bond acceptors (Lipinski definition) is 2. The van der Waals surface area contributed by atoms with E-state index in [-0.39, 0.29) is 18.0 Å². The van der Waals surface area contributed by atoms with Gasteiger partial charge in [0, 0.05) is 23.0 Å². The average molecular weight is 361 g/mol. The lowest BCUT2D eigenvalue weighted by Gasteiger charge is -2.31. The lowest BCUT2D eigenvalue weighted by atomic mass is 9.92. The standard InChI is InChI=1S/C24H27NO2/c1-16(2)25(17(3)4)24(27)21-15-9-13-18-12-8-14-20(22(18)21)23(26)19-10-6-5-7-11-19/h5-17,23,26H,1-4H3. The first-order valence-corrected chi connectivity index (χ1v) is 9.49. The smallest absolute Gasteiger partial charge is 0.254 e. The van der Waals surface area contributed by atoms with Gasteiger partial charge in [0.25, 0.3) is 5.91 Å². The third kappa shape index (κ3) is 3.74. The van der Waals surface area contributed by atoms with Crippen LogP contribution in [0.3, 0.4) is 0 Å². The van der Waals surface area contributed by atoms with Crippen molar-refractivity contribution < 1.29 is 9.90 Å². The number of rotatable bonds is 5. The molecule has 0 heterocycles. The van der Waals surface area contributed by atoms with Crippen molar-refractivity contribution in [1.82, 2.24) is 4.90 Å². The summed E-state index contributed by atoms with van der Waals surface area (Å²) in [5.41, 5.74) is 2.22. The molecule has 27 heavy (non-hydrogen) atoms. The Morgan fingerprint density at radius 3 is 2.00 bits per heavy atom. The summed E-state index contributed by atoms with van der Waals surface area (Å²) < 4.78 is 0. The number of nitrogens with zero attached hydrogens (tertiary/aromatic N) is 1. The molecule has 1 amide bonds. The van der Waals surface area contributed by atoms with Crippen LogP contribution in [0.4, 0.5) is 0 Å². The molecule has 0 aliphatic rings. The fourth-order valence-electron chi connectivity index (χ4n) is 3.80. The maximum atomic E-state index is 13.4. The summed E-state index contributed by atoms with van der Waals surface area (Å²) >= 11 is 0. The molecule has 0 fully saturated rings. The van der Waals surface area contributed by atoms with E-state index in [0.29, 0.717) is 5.56 Å². The second-order valence-corrected chi connectivity index (χ2v) is 7.46. The monoisotopic (exact) mass is 361 g/mol. The molecule has 3 heteroatoms. The number of amides is 1. The van der Waals surface area contributed by atoms with Crippen molar-refractivity contribution in [1.29, 1.82) is 0 Å². The van der Waals surface area contributed by atoms with Crippen LogP contribution in [0.15, 0.2) is 66.7 Å². The normalized spacial score (nSPS) is 12.6. The Kier molecular flexibility index (Phi) is 5.62. The van der Waals surface area contributed by atoms with Gasteiger partial charge >= 0.3 is 0 Å². The van der Waals surface area contributed by atoms with E-state index < -0.39 is 6.10 Å². The molecule has 0 aliphatic carbocycles. The molecular weight excluding hydrogens is 334 g/mol. The number of aliphatic hydroxyl groups is 1. The molecule has 0 saturated heterocycles. The first-order chi connectivity index (χ1) is 12.9. The molecular formula is C24H27NO2. The lowest BCUT2D eigenvalue weighted by molar-refractivity contribution is 0.0645. The van der Waals surface area contributed by atoms with Crippen LogP contribution in [0.25, 0.3) is 10.8 Å². The highest BCUT2D eigenvalue weighted by Gasteiger charge is 2.25. The Labute approximate surface area is 161 Å². The summed E-state index contributed by atoms with van der Waals surface area (Å²) in [6.45, 7) is 8.12. The maximum absolute atomic E-state index is 13.4. The number of carbonyl (C=O) groups excluding carboxylic acids is 1. The van der Waals surface area contributed by atoms with Crippen molar-refractivity contribution >= 4 is 16.7 Å². The number of fused-ring (bicyclic) bond motifs is 1. The second kappa shape index (κ2) is 7.93. The predicted octanol–water partition coefficient (Wildman–Crippen LogP) is 5.18. The van der Waals surface area contributed by atoms with Crippen LogP contribution in [-0.2, 0) is 0 Å². The molecule has 3 aromatic rings. The summed E-state index contributed by atoms with van der Waals surface area (Å²) in [7, 11) is 0. The molecule has 1 unspecified atom stereocenters. The minimum Gasteiger partial charge on any atom is -0.384 e. The van der Waals surface area contributed by atoms with Crippen LogP contribution in [-0.4, -0.2) is 28.0 Å². The van der Waals surface area contributed by atoms with Crippen molar-refractivity contribution in [2.45, 2.75) is 45.9 Å². The summed E-state index contributed by atoms with van der Waals surface area (Å²) in [5.74, 6) is -0.00156. The van der Waals surface area contributed by atoms with Crippen LogP contribution in [0, 0.1) is 0 Å². The molecule has 0 saturated carbocycles. The summed E-state index contributed by atoms with van der Waals surface area (Å²) in [5, 5.41) is 12.8. The molecule has 3 nitrogen and oxygen atoms in total. The van der Waals surface area contributed by atoms with E-state index in [0.717, 1.165) is 21.9 Å². The fourth-order valence-corrected chi connectivity index (χ4v) is 3.80. The minimum absolute atomic E-state index is 0.00156. The molecule has 140 valence electrons. The summed E-state index contributed by atoms with van der Waals surface area (Å²) in [6, 6.07) is 21.3. The van der Waals surface area contributed by atoms with Gasteiger partial charge in [-0.05, 0) is 50.3 Å². The highest BCUT2D eigenvalue weighted by atomic mass is 16.3. The number of benzene rings is 3. The molecule has 1 atom stereocenters. The molecule has 0 radical (unpaired) electrons. The van der Waals surface area contributed by atoms with Gasteiger partial charge in [0.2, 0.25) is 0 Å². The Hall–Kier alpha value is -2.65. The zero-order valence-electron chi connectivity index (χ0n) is 16.4. The van der Waals surface area contributed by atoms with Gasteiger partial charge in [-0.3, -0.25) is 4.79 Å². The number of aliphatic hydroxyl groups excluding tert-OH is 1. The first-order valence-electron chi connectivity index (χ1n) is 9.49. The molecule has 3 rings (SSSR count). The van der Waals surface area contributed by atoms with Crippen LogP contribution in [0.1, 0.15) is 55.3 Å². The molecule has 0 aromatic heterocycles. The molecule has 3 aromatic carbocycles. The first kappa shape index (κ1) is 19.1. The molecule has 0 spiro atoms. The van der Waals surface area contributed by atoms with E-state index in [2.05, 4.69) is 0 Å². The minimum atomic E-state index is -0.782. The van der Waals surface area contributed by atoms with Gasteiger partial charge in [0.05, 0.1) is 0 Å². The Balaban J connectivity index is 2.19. The van der Waals surface area contributed by atoms with Gasteiger partial charge in [-0.2, -0.15) is 0 Å². The highest BCUT2D eigenvalue weighted by Crippen LogP contribution is 2.32. The van der Waals surface area contributed by atoms with Crippen molar-refractivity contribution in [3.8, 4) is 0 Å². The van der Waals surface area contributed by atoms with Gasteiger partial charge in [0.15, 0.2) is 0 Å². The Bertz CT molecular complexity index is 918. The number of carbonyl (C=O) groups is 1. The van der Waals surface area contributed by atoms with Crippen LogP contribution < -0.4 is 0 Å². The van der Waals surface area contributed by atoms with E-state index >= 15 is 0 Å². The third-order valence-corrected chi connectivity index (χ3v) is 4.92. The zero-order chi connectivity index (χ0) is 19.6. The van der Waals surface area contributed by atoms with Crippen LogP contribution in [0.5, 0.6) is 0 Å². The number of hydrogen-bond donors (Lipinski definition) is 1. The van der Waals surface area contributed by atoms with Gasteiger partial charge < -0.3 is 10.0 Å².